The van der Waals surface area contributed by atoms with Crippen LogP contribution in [0.1, 0.15) is 32.6 Å². The Kier molecular flexibility index (Phi) is 3.26. The molecule has 0 aromatic rings. The molecule has 1 fully saturated rings. The third-order valence-corrected chi connectivity index (χ3v) is 2.36. The van der Waals surface area contributed by atoms with Crippen LogP contribution in [0.4, 0.5) is 0 Å². The maximum Gasteiger partial charge on any atom is 0.223 e. The number of rotatable bonds is 3. The molecule has 3 heteroatoms. The highest BCUT2D eigenvalue weighted by molar-refractivity contribution is 5.77. The van der Waals surface area contributed by atoms with Gasteiger partial charge in [-0.05, 0) is 18.8 Å². The number of hydrogen-bond acceptors (Lipinski definition) is 2. The van der Waals surface area contributed by atoms with Gasteiger partial charge in [0.05, 0.1) is 6.04 Å². The Balaban J connectivity index is 2.42. The van der Waals surface area contributed by atoms with Crippen molar-refractivity contribution in [3.63, 3.8) is 0 Å². The first-order valence-corrected chi connectivity index (χ1v) is 4.39. The molecule has 67 valence electrons. The molecule has 1 amide bonds. The molecule has 0 bridgehead atoms. The normalized spacial score (nSPS) is 20.4. The lowest BCUT2D eigenvalue weighted by atomic mass is 9.99. The second kappa shape index (κ2) is 4.24. The highest BCUT2D eigenvalue weighted by Gasteiger charge is 2.25. The number of hydrogen-bond donors (Lipinski definition) is 1. The minimum Gasteiger partial charge on any atom is -0.346 e. The first kappa shape index (κ1) is 9.23. The van der Waals surface area contributed by atoms with Crippen molar-refractivity contribution in [3.05, 3.63) is 0 Å². The van der Waals surface area contributed by atoms with Crippen LogP contribution in [-0.4, -0.2) is 18.2 Å². The van der Waals surface area contributed by atoms with E-state index < -0.39 is 0 Å². The molecule has 1 radical (unpaired) electrons. The predicted octanol–water partition coefficient (Wildman–Crippen LogP) is 0.791. The molecule has 0 heterocycles. The molecule has 1 N–H and O–H groups in total. The Labute approximate surface area is 72.5 Å². The van der Waals surface area contributed by atoms with Crippen LogP contribution in [0.2, 0.25) is 0 Å². The van der Waals surface area contributed by atoms with Gasteiger partial charge in [-0.15, -0.1) is 0 Å². The van der Waals surface area contributed by atoms with Gasteiger partial charge in [0.25, 0.3) is 0 Å². The average molecular weight is 168 g/mol. The highest BCUT2D eigenvalue weighted by atomic mass is 16.2. The van der Waals surface area contributed by atoms with Crippen molar-refractivity contribution < 1.29 is 9.59 Å². The molecular formula is C9H14NO2. The molecule has 1 unspecified atom stereocenters. The smallest absolute Gasteiger partial charge is 0.223 e. The molecule has 1 saturated carbocycles. The SMILES string of the molecule is CC(=O)NC([C]=O)C1CCCC1. The quantitative estimate of drug-likeness (QED) is 0.677. The van der Waals surface area contributed by atoms with Gasteiger partial charge in [-0.1, -0.05) is 12.8 Å². The number of carbonyl (C=O) groups excluding carboxylic acids is 2. The van der Waals surface area contributed by atoms with Crippen LogP contribution in [0, 0.1) is 5.92 Å². The maximum absolute atomic E-state index is 10.7. The summed E-state index contributed by atoms with van der Waals surface area (Å²) in [5, 5.41) is 2.61. The fourth-order valence-electron chi connectivity index (χ4n) is 1.75. The summed E-state index contributed by atoms with van der Waals surface area (Å²) >= 11 is 0. The van der Waals surface area contributed by atoms with Gasteiger partial charge in [-0.2, -0.15) is 0 Å². The van der Waals surface area contributed by atoms with E-state index in [1.807, 2.05) is 6.29 Å². The largest absolute Gasteiger partial charge is 0.346 e. The first-order chi connectivity index (χ1) is 5.74. The van der Waals surface area contributed by atoms with Crippen LogP contribution in [0.25, 0.3) is 0 Å². The number of amides is 1. The van der Waals surface area contributed by atoms with Crippen molar-refractivity contribution >= 4 is 12.2 Å². The molecule has 0 spiro atoms. The number of nitrogens with one attached hydrogen (secondary N) is 1. The summed E-state index contributed by atoms with van der Waals surface area (Å²) in [6.07, 6.45) is 6.32. The van der Waals surface area contributed by atoms with Crippen molar-refractivity contribution in [2.24, 2.45) is 5.92 Å². The summed E-state index contributed by atoms with van der Waals surface area (Å²) in [7, 11) is 0. The monoisotopic (exact) mass is 168 g/mol. The van der Waals surface area contributed by atoms with E-state index in [4.69, 9.17) is 0 Å². The van der Waals surface area contributed by atoms with E-state index in [-0.39, 0.29) is 11.9 Å². The van der Waals surface area contributed by atoms with E-state index in [1.54, 1.807) is 0 Å². The fraction of sp³-hybridized carbons (Fsp3) is 0.778. The maximum atomic E-state index is 10.7. The molecule has 12 heavy (non-hydrogen) atoms. The lowest BCUT2D eigenvalue weighted by Gasteiger charge is -2.16. The van der Waals surface area contributed by atoms with Crippen LogP contribution >= 0.6 is 0 Å². The minimum absolute atomic E-state index is 0.143. The van der Waals surface area contributed by atoms with Crippen molar-refractivity contribution in [3.8, 4) is 0 Å². The Hall–Kier alpha value is -0.860. The van der Waals surface area contributed by atoms with Crippen LogP contribution < -0.4 is 5.32 Å². The van der Waals surface area contributed by atoms with Gasteiger partial charge in [0.1, 0.15) is 0 Å². The topological polar surface area (TPSA) is 46.2 Å². The van der Waals surface area contributed by atoms with Crippen LogP contribution in [0.15, 0.2) is 0 Å². The molecule has 0 aromatic carbocycles. The van der Waals surface area contributed by atoms with Crippen LogP contribution in [0.3, 0.4) is 0 Å². The second-order valence-electron chi connectivity index (χ2n) is 3.34. The lowest BCUT2D eigenvalue weighted by molar-refractivity contribution is -0.119. The molecule has 1 atom stereocenters. The third kappa shape index (κ3) is 2.32. The molecule has 1 aliphatic carbocycles. The second-order valence-corrected chi connectivity index (χ2v) is 3.34. The molecule has 0 aromatic heterocycles. The van der Waals surface area contributed by atoms with Gasteiger partial charge in [0, 0.05) is 6.92 Å². The molecule has 0 saturated heterocycles. The van der Waals surface area contributed by atoms with Gasteiger partial charge in [0.2, 0.25) is 12.2 Å². The van der Waals surface area contributed by atoms with Crippen LogP contribution in [-0.2, 0) is 9.59 Å². The third-order valence-electron chi connectivity index (χ3n) is 2.36. The fourth-order valence-corrected chi connectivity index (χ4v) is 1.75. The van der Waals surface area contributed by atoms with Crippen molar-refractivity contribution in [1.29, 1.82) is 0 Å². The van der Waals surface area contributed by atoms with Gasteiger partial charge in [0.15, 0.2) is 0 Å². The average Bonchev–Trinajstić information content (AvgIpc) is 2.51. The lowest BCUT2D eigenvalue weighted by Crippen LogP contribution is -2.39. The summed E-state index contributed by atoms with van der Waals surface area (Å²) in [6.45, 7) is 1.43. The standard InChI is InChI=1S/C9H14NO2/c1-7(12)10-9(6-11)8-4-2-3-5-8/h8-9H,2-5H2,1H3,(H,10,12). The van der Waals surface area contributed by atoms with Gasteiger partial charge >= 0.3 is 0 Å². The summed E-state index contributed by atoms with van der Waals surface area (Å²) in [5.41, 5.74) is 0. The van der Waals surface area contributed by atoms with Gasteiger partial charge in [-0.25, -0.2) is 0 Å². The van der Waals surface area contributed by atoms with Gasteiger partial charge in [-0.3, -0.25) is 9.59 Å². The van der Waals surface area contributed by atoms with Crippen molar-refractivity contribution in [2.45, 2.75) is 38.6 Å². The number of carbonyl (C=O) groups is 1. The zero-order chi connectivity index (χ0) is 8.97. The Morgan fingerprint density at radius 2 is 2.08 bits per heavy atom. The first-order valence-electron chi connectivity index (χ1n) is 4.39. The molecule has 1 rings (SSSR count). The zero-order valence-corrected chi connectivity index (χ0v) is 7.30. The van der Waals surface area contributed by atoms with E-state index in [9.17, 15) is 9.59 Å². The summed E-state index contributed by atoms with van der Waals surface area (Å²) < 4.78 is 0. The Morgan fingerprint density at radius 3 is 2.50 bits per heavy atom. The summed E-state index contributed by atoms with van der Waals surface area (Å²) in [6, 6.07) is -0.370. The summed E-state index contributed by atoms with van der Waals surface area (Å²) in [4.78, 5) is 21.2. The minimum atomic E-state index is -0.370. The zero-order valence-electron chi connectivity index (χ0n) is 7.30. The molecular weight excluding hydrogens is 154 g/mol. The van der Waals surface area contributed by atoms with Crippen molar-refractivity contribution in [1.82, 2.24) is 5.32 Å². The highest BCUT2D eigenvalue weighted by Crippen LogP contribution is 2.26. The van der Waals surface area contributed by atoms with Crippen molar-refractivity contribution in [2.75, 3.05) is 0 Å². The predicted molar refractivity (Wildman–Crippen MR) is 45.3 cm³/mol. The Bertz CT molecular complexity index is 173. The van der Waals surface area contributed by atoms with Gasteiger partial charge < -0.3 is 5.32 Å². The van der Waals surface area contributed by atoms with E-state index >= 15 is 0 Å². The van der Waals surface area contributed by atoms with E-state index in [0.717, 1.165) is 12.8 Å². The molecule has 3 nitrogen and oxygen atoms in total. The van der Waals surface area contributed by atoms with E-state index in [0.29, 0.717) is 5.92 Å². The van der Waals surface area contributed by atoms with E-state index in [2.05, 4.69) is 5.32 Å². The molecule has 0 aliphatic heterocycles. The Morgan fingerprint density at radius 1 is 1.50 bits per heavy atom. The summed E-state index contributed by atoms with van der Waals surface area (Å²) in [5.74, 6) is 0.182. The van der Waals surface area contributed by atoms with Crippen LogP contribution in [0.5, 0.6) is 0 Å². The molecule has 1 aliphatic rings. The van der Waals surface area contributed by atoms with E-state index in [1.165, 1.54) is 19.8 Å².